The average molecular weight is 312 g/mol. The molecule has 7 heteroatoms. The maximum absolute atomic E-state index is 12.2. The SMILES string of the molecule is CC(C)(C)Nc1nc(-c2ccc3c(c2)OCO3)c(C#N)c(=O)[nH]1. The lowest BCUT2D eigenvalue weighted by Crippen LogP contribution is -2.29. The van der Waals surface area contributed by atoms with Gasteiger partial charge in [0.25, 0.3) is 5.56 Å². The van der Waals surface area contributed by atoms with Gasteiger partial charge in [0.15, 0.2) is 11.5 Å². The summed E-state index contributed by atoms with van der Waals surface area (Å²) >= 11 is 0. The molecular weight excluding hydrogens is 296 g/mol. The maximum atomic E-state index is 12.2. The summed E-state index contributed by atoms with van der Waals surface area (Å²) in [5, 5.41) is 12.4. The van der Waals surface area contributed by atoms with Crippen molar-refractivity contribution in [3.8, 4) is 28.8 Å². The van der Waals surface area contributed by atoms with Crippen LogP contribution in [-0.2, 0) is 0 Å². The fourth-order valence-corrected chi connectivity index (χ4v) is 2.24. The van der Waals surface area contributed by atoms with E-state index in [1.165, 1.54) is 0 Å². The molecule has 2 N–H and O–H groups in total. The Morgan fingerprint density at radius 3 is 2.74 bits per heavy atom. The van der Waals surface area contributed by atoms with Gasteiger partial charge in [0.2, 0.25) is 12.7 Å². The summed E-state index contributed by atoms with van der Waals surface area (Å²) < 4.78 is 10.6. The van der Waals surface area contributed by atoms with Crippen LogP contribution in [0.1, 0.15) is 26.3 Å². The van der Waals surface area contributed by atoms with Crippen molar-refractivity contribution in [1.29, 1.82) is 5.26 Å². The van der Waals surface area contributed by atoms with E-state index in [-0.39, 0.29) is 17.9 Å². The highest BCUT2D eigenvalue weighted by Crippen LogP contribution is 2.36. The number of nitriles is 1. The van der Waals surface area contributed by atoms with Crippen LogP contribution in [0.2, 0.25) is 0 Å². The molecule has 0 fully saturated rings. The quantitative estimate of drug-likeness (QED) is 0.882. The van der Waals surface area contributed by atoms with Crippen LogP contribution in [0.5, 0.6) is 11.5 Å². The summed E-state index contributed by atoms with van der Waals surface area (Å²) in [4.78, 5) is 19.2. The summed E-state index contributed by atoms with van der Waals surface area (Å²) in [6.45, 7) is 6.01. The third-order valence-electron chi connectivity index (χ3n) is 3.17. The second kappa shape index (κ2) is 5.32. The van der Waals surface area contributed by atoms with Crippen molar-refractivity contribution in [3.63, 3.8) is 0 Å². The highest BCUT2D eigenvalue weighted by atomic mass is 16.7. The minimum atomic E-state index is -0.484. The molecule has 1 aliphatic rings. The molecule has 1 aromatic heterocycles. The fourth-order valence-electron chi connectivity index (χ4n) is 2.24. The van der Waals surface area contributed by atoms with Gasteiger partial charge in [-0.15, -0.1) is 0 Å². The highest BCUT2D eigenvalue weighted by Gasteiger charge is 2.19. The molecule has 1 aliphatic heterocycles. The predicted molar refractivity (Wildman–Crippen MR) is 84.5 cm³/mol. The van der Waals surface area contributed by atoms with E-state index in [0.717, 1.165) is 0 Å². The molecule has 7 nitrogen and oxygen atoms in total. The molecule has 0 saturated heterocycles. The van der Waals surface area contributed by atoms with E-state index in [1.54, 1.807) is 18.2 Å². The molecule has 0 aliphatic carbocycles. The van der Waals surface area contributed by atoms with Crippen molar-refractivity contribution in [3.05, 3.63) is 34.1 Å². The number of hydrogen-bond acceptors (Lipinski definition) is 6. The van der Waals surface area contributed by atoms with Gasteiger partial charge in [0.05, 0.1) is 5.69 Å². The van der Waals surface area contributed by atoms with Crippen LogP contribution < -0.4 is 20.3 Å². The predicted octanol–water partition coefficient (Wildman–Crippen LogP) is 2.25. The molecule has 0 amide bonds. The van der Waals surface area contributed by atoms with Crippen LogP contribution >= 0.6 is 0 Å². The smallest absolute Gasteiger partial charge is 0.270 e. The third kappa shape index (κ3) is 2.97. The van der Waals surface area contributed by atoms with Gasteiger partial charge in [-0.05, 0) is 39.0 Å². The van der Waals surface area contributed by atoms with Gasteiger partial charge in [-0.2, -0.15) is 5.26 Å². The Labute approximate surface area is 132 Å². The van der Waals surface area contributed by atoms with E-state index >= 15 is 0 Å². The van der Waals surface area contributed by atoms with Gasteiger partial charge < -0.3 is 14.8 Å². The molecule has 118 valence electrons. The lowest BCUT2D eigenvalue weighted by atomic mass is 10.1. The molecule has 0 unspecified atom stereocenters. The Kier molecular flexibility index (Phi) is 3.45. The van der Waals surface area contributed by atoms with E-state index < -0.39 is 5.56 Å². The van der Waals surface area contributed by atoms with Crippen molar-refractivity contribution in [1.82, 2.24) is 9.97 Å². The van der Waals surface area contributed by atoms with Gasteiger partial charge in [0, 0.05) is 11.1 Å². The second-order valence-electron chi connectivity index (χ2n) is 6.19. The molecule has 0 saturated carbocycles. The van der Waals surface area contributed by atoms with E-state index in [4.69, 9.17) is 9.47 Å². The Bertz CT molecular complexity index is 859. The van der Waals surface area contributed by atoms with Crippen molar-refractivity contribution in [2.75, 3.05) is 12.1 Å². The first-order valence-corrected chi connectivity index (χ1v) is 7.10. The number of H-pyrrole nitrogens is 1. The molecule has 0 bridgehead atoms. The Morgan fingerprint density at radius 2 is 2.04 bits per heavy atom. The molecule has 1 aromatic carbocycles. The van der Waals surface area contributed by atoms with Crippen LogP contribution in [0.3, 0.4) is 0 Å². The number of fused-ring (bicyclic) bond motifs is 1. The normalized spacial score (nSPS) is 12.8. The standard InChI is InChI=1S/C16H16N4O3/c1-16(2,3)20-15-18-13(10(7-17)14(21)19-15)9-4-5-11-12(6-9)23-8-22-11/h4-6H,8H2,1-3H3,(H2,18,19,20,21). The molecule has 3 rings (SSSR count). The Morgan fingerprint density at radius 1 is 1.30 bits per heavy atom. The number of nitrogens with zero attached hydrogens (tertiary/aromatic N) is 2. The van der Waals surface area contributed by atoms with Crippen LogP contribution in [0.15, 0.2) is 23.0 Å². The molecule has 0 radical (unpaired) electrons. The number of ether oxygens (including phenoxy) is 2. The zero-order valence-corrected chi connectivity index (χ0v) is 13.1. The largest absolute Gasteiger partial charge is 0.454 e. The summed E-state index contributed by atoms with van der Waals surface area (Å²) in [6, 6.07) is 7.11. The first-order chi connectivity index (χ1) is 10.9. The van der Waals surface area contributed by atoms with Crippen LogP contribution in [0.4, 0.5) is 5.95 Å². The molecule has 0 spiro atoms. The lowest BCUT2D eigenvalue weighted by molar-refractivity contribution is 0.174. The number of anilines is 1. The molecular formula is C16H16N4O3. The zero-order chi connectivity index (χ0) is 16.6. The summed E-state index contributed by atoms with van der Waals surface area (Å²) in [5.41, 5.74) is 0.122. The number of benzene rings is 1. The highest BCUT2D eigenvalue weighted by molar-refractivity contribution is 5.70. The number of nitrogens with one attached hydrogen (secondary N) is 2. The van der Waals surface area contributed by atoms with Gasteiger partial charge in [0.1, 0.15) is 11.6 Å². The summed E-state index contributed by atoms with van der Waals surface area (Å²) in [6.07, 6.45) is 0. The number of aromatic nitrogens is 2. The average Bonchev–Trinajstić information content (AvgIpc) is 2.92. The van der Waals surface area contributed by atoms with Crippen molar-refractivity contribution >= 4 is 5.95 Å². The van der Waals surface area contributed by atoms with Gasteiger partial charge in [-0.3, -0.25) is 9.78 Å². The van der Waals surface area contributed by atoms with Gasteiger partial charge >= 0.3 is 0 Å². The minimum Gasteiger partial charge on any atom is -0.454 e. The topological polar surface area (TPSA) is 100 Å². The van der Waals surface area contributed by atoms with Crippen molar-refractivity contribution in [2.45, 2.75) is 26.3 Å². The van der Waals surface area contributed by atoms with Crippen molar-refractivity contribution < 1.29 is 9.47 Å². The fraction of sp³-hybridized carbons (Fsp3) is 0.312. The molecule has 2 aromatic rings. The number of aromatic amines is 1. The third-order valence-corrected chi connectivity index (χ3v) is 3.17. The monoisotopic (exact) mass is 312 g/mol. The van der Waals surface area contributed by atoms with E-state index in [2.05, 4.69) is 15.3 Å². The first-order valence-electron chi connectivity index (χ1n) is 7.10. The van der Waals surface area contributed by atoms with E-state index in [1.807, 2.05) is 26.8 Å². The minimum absolute atomic E-state index is 0.0386. The summed E-state index contributed by atoms with van der Waals surface area (Å²) in [5.74, 6) is 1.51. The molecule has 2 heterocycles. The van der Waals surface area contributed by atoms with E-state index in [0.29, 0.717) is 28.7 Å². The van der Waals surface area contributed by atoms with Crippen molar-refractivity contribution in [2.24, 2.45) is 0 Å². The Hall–Kier alpha value is -3.01. The molecule has 23 heavy (non-hydrogen) atoms. The van der Waals surface area contributed by atoms with Gasteiger partial charge in [-0.1, -0.05) is 0 Å². The number of hydrogen-bond donors (Lipinski definition) is 2. The van der Waals surface area contributed by atoms with Gasteiger partial charge in [-0.25, -0.2) is 4.98 Å². The summed E-state index contributed by atoms with van der Waals surface area (Å²) in [7, 11) is 0. The van der Waals surface area contributed by atoms with Crippen LogP contribution in [-0.4, -0.2) is 22.3 Å². The van der Waals surface area contributed by atoms with Crippen LogP contribution in [0, 0.1) is 11.3 Å². The molecule has 0 atom stereocenters. The lowest BCUT2D eigenvalue weighted by Gasteiger charge is -2.21. The van der Waals surface area contributed by atoms with E-state index in [9.17, 15) is 10.1 Å². The zero-order valence-electron chi connectivity index (χ0n) is 13.1. The number of rotatable bonds is 2. The first kappa shape index (κ1) is 14.9. The maximum Gasteiger partial charge on any atom is 0.270 e. The second-order valence-corrected chi connectivity index (χ2v) is 6.19. The van der Waals surface area contributed by atoms with Crippen LogP contribution in [0.25, 0.3) is 11.3 Å². The Balaban J connectivity index is 2.13.